The Labute approximate surface area is 203 Å². The van der Waals surface area contributed by atoms with E-state index in [2.05, 4.69) is 5.16 Å². The van der Waals surface area contributed by atoms with Gasteiger partial charge < -0.3 is 15.3 Å². The van der Waals surface area contributed by atoms with Crippen molar-refractivity contribution in [1.82, 2.24) is 4.90 Å². The van der Waals surface area contributed by atoms with E-state index < -0.39 is 12.1 Å². The van der Waals surface area contributed by atoms with E-state index >= 15 is 0 Å². The van der Waals surface area contributed by atoms with Crippen LogP contribution in [0.1, 0.15) is 24.2 Å². The van der Waals surface area contributed by atoms with E-state index in [-0.39, 0.29) is 41.9 Å². The van der Waals surface area contributed by atoms with Gasteiger partial charge in [0.05, 0.1) is 11.1 Å². The van der Waals surface area contributed by atoms with E-state index in [0.29, 0.717) is 18.0 Å². The lowest BCUT2D eigenvalue weighted by molar-refractivity contribution is -0.158. The number of halogens is 1. The number of β-lactam (4-membered cyclic amide) rings is 1. The average Bonchev–Trinajstić information content (AvgIpc) is 2.85. The number of thioether (sulfide) groups is 1. The Balaban J connectivity index is 0.00000306. The molecule has 0 aromatic heterocycles. The molecule has 7 nitrogen and oxygen atoms in total. The Morgan fingerprint density at radius 2 is 1.76 bits per heavy atom. The molecule has 2 aromatic carbocycles. The number of nitrogens with zero attached hydrogens (tertiary/aromatic N) is 2. The summed E-state index contributed by atoms with van der Waals surface area (Å²) in [5, 5.41) is 3.73. The number of hydrogen-bond donors (Lipinski definition) is 1. The summed E-state index contributed by atoms with van der Waals surface area (Å²) >= 11 is 1.59. The molecular formula is C24H26ClN3O4S. The molecule has 2 N–H and O–H groups in total. The maximum absolute atomic E-state index is 13.2. The topological polar surface area (TPSA) is 94.2 Å². The largest absolute Gasteiger partial charge is 0.448 e. The number of carbonyl (C=O) groups excluding carboxylic acids is 2. The first-order valence-corrected chi connectivity index (χ1v) is 11.5. The van der Waals surface area contributed by atoms with Crippen LogP contribution in [-0.2, 0) is 19.2 Å². The summed E-state index contributed by atoms with van der Waals surface area (Å²) in [7, 11) is 0. The summed E-state index contributed by atoms with van der Waals surface area (Å²) in [6.45, 7) is 2.21. The monoisotopic (exact) mass is 487 g/mol. The highest BCUT2D eigenvalue weighted by molar-refractivity contribution is 8.00. The molecule has 2 atom stereocenters. The Kier molecular flexibility index (Phi) is 8.55. The zero-order valence-corrected chi connectivity index (χ0v) is 19.8. The van der Waals surface area contributed by atoms with Gasteiger partial charge in [-0.1, -0.05) is 65.8 Å². The molecule has 9 heteroatoms. The molecule has 1 fully saturated rings. The number of carbonyl (C=O) groups is 2. The third kappa shape index (κ3) is 5.40. The van der Waals surface area contributed by atoms with Crippen molar-refractivity contribution in [1.29, 1.82) is 0 Å². The Bertz CT molecular complexity index is 993. The maximum atomic E-state index is 13.2. The van der Waals surface area contributed by atoms with Crippen LogP contribution in [0.25, 0.3) is 0 Å². The van der Waals surface area contributed by atoms with Crippen molar-refractivity contribution in [2.45, 2.75) is 18.4 Å². The van der Waals surface area contributed by atoms with E-state index in [0.717, 1.165) is 11.1 Å². The van der Waals surface area contributed by atoms with Crippen LogP contribution >= 0.6 is 24.2 Å². The number of fused-ring (bicyclic) bond motifs is 1. The van der Waals surface area contributed by atoms with Gasteiger partial charge in [0, 0.05) is 12.3 Å². The van der Waals surface area contributed by atoms with Crippen molar-refractivity contribution < 1.29 is 19.2 Å². The van der Waals surface area contributed by atoms with Gasteiger partial charge in [0.25, 0.3) is 0 Å². The van der Waals surface area contributed by atoms with Gasteiger partial charge in [0.15, 0.2) is 6.10 Å². The lowest BCUT2D eigenvalue weighted by Crippen LogP contribution is -2.62. The van der Waals surface area contributed by atoms with E-state index in [1.165, 1.54) is 4.90 Å². The minimum Gasteiger partial charge on any atom is -0.448 e. The smallest absolute Gasteiger partial charge is 0.355 e. The number of hydrogen-bond acceptors (Lipinski definition) is 7. The molecule has 0 radical (unpaired) electrons. The summed E-state index contributed by atoms with van der Waals surface area (Å²) in [5.41, 5.74) is 8.16. The summed E-state index contributed by atoms with van der Waals surface area (Å²) in [4.78, 5) is 32.8. The molecule has 2 unspecified atom stereocenters. The summed E-state index contributed by atoms with van der Waals surface area (Å²) in [6, 6.07) is 19.1. The fourth-order valence-electron chi connectivity index (χ4n) is 3.65. The molecule has 2 aromatic rings. The van der Waals surface area contributed by atoms with Gasteiger partial charge in [-0.2, -0.15) is 0 Å². The number of oxime groups is 1. The Morgan fingerprint density at radius 3 is 2.33 bits per heavy atom. The highest BCUT2D eigenvalue weighted by Gasteiger charge is 2.52. The molecule has 0 spiro atoms. The van der Waals surface area contributed by atoms with Crippen molar-refractivity contribution in [3.8, 4) is 0 Å². The number of amides is 1. The molecule has 0 saturated carbocycles. The van der Waals surface area contributed by atoms with Crippen molar-refractivity contribution in [3.63, 3.8) is 0 Å². The second-order valence-corrected chi connectivity index (χ2v) is 8.71. The van der Waals surface area contributed by atoms with Gasteiger partial charge in [-0.15, -0.1) is 24.2 Å². The fraction of sp³-hybridized carbons (Fsp3) is 0.292. The highest BCUT2D eigenvalue weighted by atomic mass is 35.5. The molecular weight excluding hydrogens is 462 g/mol. The molecule has 174 valence electrons. The molecule has 33 heavy (non-hydrogen) atoms. The molecule has 4 rings (SSSR count). The van der Waals surface area contributed by atoms with Crippen molar-refractivity contribution >= 4 is 41.8 Å². The Hall–Kier alpha value is -2.81. The molecule has 2 aliphatic heterocycles. The van der Waals surface area contributed by atoms with Gasteiger partial charge in [0.2, 0.25) is 5.91 Å². The standard InChI is InChI=1S/C24H25N3O4S.ClH/c1-16(14-25)26-30-15-19-22(28)27-20(12-13-32-23(19)27)24(29)31-21(17-8-4-2-5-9-17)18-10-6-3-7-11-18;/h2-12,19,21,23H,13-15,25H2,1H3;1H/b26-16+;. The number of esters is 1. The molecule has 1 amide bonds. The third-order valence-corrected chi connectivity index (χ3v) is 6.61. The predicted octanol–water partition coefficient (Wildman–Crippen LogP) is 3.51. The van der Waals surface area contributed by atoms with Crippen molar-refractivity contribution in [2.24, 2.45) is 16.8 Å². The van der Waals surface area contributed by atoms with Crippen molar-refractivity contribution in [2.75, 3.05) is 18.9 Å². The van der Waals surface area contributed by atoms with Crippen LogP contribution in [0, 0.1) is 5.92 Å². The number of ether oxygens (including phenoxy) is 1. The molecule has 0 bridgehead atoms. The van der Waals surface area contributed by atoms with Crippen LogP contribution in [0.4, 0.5) is 0 Å². The van der Waals surface area contributed by atoms with E-state index in [9.17, 15) is 9.59 Å². The predicted molar refractivity (Wildman–Crippen MR) is 131 cm³/mol. The van der Waals surface area contributed by atoms with Crippen LogP contribution in [0.3, 0.4) is 0 Å². The minimum absolute atomic E-state index is 0. The number of rotatable bonds is 8. The van der Waals surface area contributed by atoms with Crippen LogP contribution in [0.15, 0.2) is 77.6 Å². The summed E-state index contributed by atoms with van der Waals surface area (Å²) < 4.78 is 5.95. The van der Waals surface area contributed by atoms with E-state index in [1.807, 2.05) is 60.7 Å². The first-order chi connectivity index (χ1) is 15.6. The van der Waals surface area contributed by atoms with Gasteiger partial charge in [-0.05, 0) is 24.1 Å². The minimum atomic E-state index is -0.567. The normalized spacial score (nSPS) is 19.7. The maximum Gasteiger partial charge on any atom is 0.355 e. The van der Waals surface area contributed by atoms with Gasteiger partial charge in [-0.25, -0.2) is 4.79 Å². The zero-order valence-electron chi connectivity index (χ0n) is 18.1. The van der Waals surface area contributed by atoms with Crippen molar-refractivity contribution in [3.05, 3.63) is 83.6 Å². The zero-order chi connectivity index (χ0) is 22.5. The van der Waals surface area contributed by atoms with Crippen LogP contribution < -0.4 is 5.73 Å². The third-order valence-electron chi connectivity index (χ3n) is 5.37. The van der Waals surface area contributed by atoms with Crippen LogP contribution in [-0.4, -0.2) is 46.8 Å². The average molecular weight is 488 g/mol. The molecule has 1 saturated heterocycles. The molecule has 2 aliphatic rings. The lowest BCUT2D eigenvalue weighted by atomic mass is 9.97. The lowest BCUT2D eigenvalue weighted by Gasteiger charge is -2.48. The second-order valence-electron chi connectivity index (χ2n) is 7.56. The van der Waals surface area contributed by atoms with E-state index in [4.69, 9.17) is 15.3 Å². The summed E-state index contributed by atoms with van der Waals surface area (Å²) in [6.07, 6.45) is 1.19. The Morgan fingerprint density at radius 1 is 1.15 bits per heavy atom. The van der Waals surface area contributed by atoms with E-state index in [1.54, 1.807) is 24.8 Å². The first kappa shape index (κ1) is 24.8. The highest BCUT2D eigenvalue weighted by Crippen LogP contribution is 2.42. The van der Waals surface area contributed by atoms with Gasteiger partial charge in [0.1, 0.15) is 18.2 Å². The first-order valence-electron chi connectivity index (χ1n) is 10.4. The molecule has 2 heterocycles. The second kappa shape index (κ2) is 11.4. The number of nitrogens with two attached hydrogens (primary N) is 1. The van der Waals surface area contributed by atoms with Gasteiger partial charge in [-0.3, -0.25) is 9.69 Å². The molecule has 0 aliphatic carbocycles. The summed E-state index contributed by atoms with van der Waals surface area (Å²) in [5.74, 6) is -0.425. The van der Waals surface area contributed by atoms with Crippen LogP contribution in [0.5, 0.6) is 0 Å². The fourth-order valence-corrected chi connectivity index (χ4v) is 4.89. The quantitative estimate of drug-likeness (QED) is 0.265. The van der Waals surface area contributed by atoms with Crippen LogP contribution in [0.2, 0.25) is 0 Å². The SMILES string of the molecule is C/C(CN)=N\OCC1C(=O)N2C(C(=O)OC(c3ccccc3)c3ccccc3)=CCSC12.Cl. The van der Waals surface area contributed by atoms with Gasteiger partial charge >= 0.3 is 5.97 Å². The number of benzene rings is 2.